The van der Waals surface area contributed by atoms with Crippen molar-refractivity contribution < 1.29 is 31.6 Å². The van der Waals surface area contributed by atoms with E-state index < -0.39 is 7.92 Å². The largest absolute Gasteiger partial charge is 2.00 e. The summed E-state index contributed by atoms with van der Waals surface area (Å²) < 4.78 is 10.7. The molecule has 0 atom stereocenters. The van der Waals surface area contributed by atoms with Crippen LogP contribution in [0.5, 0.6) is 5.75 Å². The molecule has 0 bridgehead atoms. The monoisotopic (exact) mass is 560 g/mol. The van der Waals surface area contributed by atoms with Crippen molar-refractivity contribution in [3.05, 3.63) is 163 Å². The maximum absolute atomic E-state index is 12.9. The molecular formula is C33H29FeO3P. The molecule has 2 radical (unpaired) electrons. The van der Waals surface area contributed by atoms with Crippen LogP contribution in [-0.4, -0.2) is 13.7 Å². The number of methoxy groups -OCH3 is 1. The van der Waals surface area contributed by atoms with E-state index in [1.54, 1.807) is 7.11 Å². The Balaban J connectivity index is 0.000000598. The van der Waals surface area contributed by atoms with Crippen LogP contribution in [0.25, 0.3) is 6.08 Å². The first-order valence-corrected chi connectivity index (χ1v) is 13.4. The molecule has 0 spiro atoms. The third-order valence-corrected chi connectivity index (χ3v) is 8.08. The summed E-state index contributed by atoms with van der Waals surface area (Å²) >= 11 is 0. The summed E-state index contributed by atoms with van der Waals surface area (Å²) in [5, 5.41) is 16.3. The molecular weight excluding hydrogens is 531 g/mol. The Morgan fingerprint density at radius 2 is 1.55 bits per heavy atom. The molecule has 0 amide bonds. The number of allylic oxidation sites excluding steroid dienone is 7. The van der Waals surface area contributed by atoms with E-state index in [2.05, 4.69) is 24.3 Å². The normalized spacial score (nSPS) is 14.8. The smallest absolute Gasteiger partial charge is 0.609 e. The molecule has 0 N–H and O–H groups in total. The van der Waals surface area contributed by atoms with Crippen molar-refractivity contribution in [3.63, 3.8) is 0 Å². The van der Waals surface area contributed by atoms with Gasteiger partial charge in [0.15, 0.2) is 0 Å². The zero-order valence-electron chi connectivity index (χ0n) is 21.1. The molecule has 5 rings (SSSR count). The quantitative estimate of drug-likeness (QED) is 0.146. The third kappa shape index (κ3) is 8.30. The molecule has 0 unspecified atom stereocenters. The van der Waals surface area contributed by atoms with Crippen LogP contribution >= 0.6 is 7.92 Å². The molecule has 0 aliphatic heterocycles. The zero-order valence-corrected chi connectivity index (χ0v) is 23.1. The summed E-state index contributed by atoms with van der Waals surface area (Å²) in [5.74, 6) is 0.509. The maximum Gasteiger partial charge on any atom is 2.00 e. The minimum Gasteiger partial charge on any atom is -0.609 e. The summed E-state index contributed by atoms with van der Waals surface area (Å²) in [7, 11) is 0.790. The molecule has 2 aliphatic rings. The SMILES string of the molecule is COc1ccc(/C=C/CO/C([O-])=C2\C=CC=C2P(c2ccccc2)c2ccccc2)cc1.[CH]1[CH][CH-]C=C1.[Fe+2]. The van der Waals surface area contributed by atoms with Gasteiger partial charge in [-0.3, -0.25) is 0 Å². The first-order valence-electron chi connectivity index (χ1n) is 12.1. The molecule has 0 aromatic heterocycles. The van der Waals surface area contributed by atoms with Crippen LogP contribution in [0, 0.1) is 19.3 Å². The molecule has 0 saturated heterocycles. The average molecular weight is 560 g/mol. The van der Waals surface area contributed by atoms with Crippen LogP contribution in [0.4, 0.5) is 0 Å². The zero-order chi connectivity index (χ0) is 25.7. The van der Waals surface area contributed by atoms with Gasteiger partial charge < -0.3 is 14.6 Å². The van der Waals surface area contributed by atoms with Crippen LogP contribution in [0.3, 0.4) is 0 Å². The van der Waals surface area contributed by atoms with Gasteiger partial charge >= 0.3 is 17.1 Å². The van der Waals surface area contributed by atoms with Gasteiger partial charge in [0.25, 0.3) is 0 Å². The molecule has 0 fully saturated rings. The summed E-state index contributed by atoms with van der Waals surface area (Å²) in [6.45, 7) is 0.212. The van der Waals surface area contributed by atoms with Gasteiger partial charge in [-0.05, 0) is 41.5 Å². The van der Waals surface area contributed by atoms with Crippen LogP contribution in [0.15, 0.2) is 138 Å². The van der Waals surface area contributed by atoms with Crippen molar-refractivity contribution in [1.82, 2.24) is 0 Å². The van der Waals surface area contributed by atoms with Crippen LogP contribution in [-0.2, 0) is 21.8 Å². The molecule has 38 heavy (non-hydrogen) atoms. The van der Waals surface area contributed by atoms with Crippen LogP contribution < -0.4 is 20.5 Å². The first-order chi connectivity index (χ1) is 18.3. The molecule has 192 valence electrons. The van der Waals surface area contributed by atoms with E-state index in [0.717, 1.165) is 16.6 Å². The molecule has 5 heteroatoms. The van der Waals surface area contributed by atoms with Gasteiger partial charge in [-0.15, -0.1) is 12.8 Å². The van der Waals surface area contributed by atoms with Crippen molar-refractivity contribution in [2.24, 2.45) is 0 Å². The van der Waals surface area contributed by atoms with Gasteiger partial charge in [0.05, 0.1) is 13.1 Å². The maximum atomic E-state index is 12.9. The van der Waals surface area contributed by atoms with Gasteiger partial charge in [0.2, 0.25) is 0 Å². The van der Waals surface area contributed by atoms with E-state index in [1.165, 1.54) is 10.6 Å². The summed E-state index contributed by atoms with van der Waals surface area (Å²) in [4.78, 5) is 0. The molecule has 0 saturated carbocycles. The fourth-order valence-electron chi connectivity index (χ4n) is 3.78. The second-order valence-electron chi connectivity index (χ2n) is 8.07. The Hall–Kier alpha value is -3.42. The number of hydrogen-bond acceptors (Lipinski definition) is 3. The van der Waals surface area contributed by atoms with Crippen LogP contribution in [0.1, 0.15) is 5.56 Å². The van der Waals surface area contributed by atoms with Crippen molar-refractivity contribution in [2.45, 2.75) is 0 Å². The van der Waals surface area contributed by atoms with E-state index in [1.807, 2.05) is 122 Å². The van der Waals surface area contributed by atoms with E-state index in [9.17, 15) is 5.11 Å². The minimum absolute atomic E-state index is 0. The predicted octanol–water partition coefficient (Wildman–Crippen LogP) is 6.05. The Morgan fingerprint density at radius 3 is 2.08 bits per heavy atom. The molecule has 3 nitrogen and oxygen atoms in total. The van der Waals surface area contributed by atoms with Crippen molar-refractivity contribution in [3.8, 4) is 5.75 Å². The summed E-state index contributed by atoms with van der Waals surface area (Å²) in [6.07, 6.45) is 19.6. The van der Waals surface area contributed by atoms with Gasteiger partial charge in [-0.2, -0.15) is 0 Å². The molecule has 0 heterocycles. The number of rotatable bonds is 8. The van der Waals surface area contributed by atoms with E-state index in [-0.39, 0.29) is 29.6 Å². The van der Waals surface area contributed by atoms with Crippen molar-refractivity contribution in [1.29, 1.82) is 0 Å². The van der Waals surface area contributed by atoms with Gasteiger partial charge in [0.1, 0.15) is 5.75 Å². The Labute approximate surface area is 238 Å². The predicted molar refractivity (Wildman–Crippen MR) is 153 cm³/mol. The average Bonchev–Trinajstić information content (AvgIpc) is 3.69. The summed E-state index contributed by atoms with van der Waals surface area (Å²) in [6, 6.07) is 28.4. The minimum atomic E-state index is -0.853. The molecule has 2 aliphatic carbocycles. The second kappa shape index (κ2) is 15.7. The van der Waals surface area contributed by atoms with Gasteiger partial charge in [-0.25, -0.2) is 18.6 Å². The van der Waals surface area contributed by atoms with Crippen LogP contribution in [0.2, 0.25) is 0 Å². The van der Waals surface area contributed by atoms with E-state index in [0.29, 0.717) is 5.57 Å². The van der Waals surface area contributed by atoms with Crippen molar-refractivity contribution in [2.75, 3.05) is 13.7 Å². The van der Waals surface area contributed by atoms with Gasteiger partial charge in [-0.1, -0.05) is 103 Å². The first kappa shape index (κ1) is 29.1. The topological polar surface area (TPSA) is 41.5 Å². The standard InChI is InChI=1S/C28H25O3P.C5H5.Fe/c1-30-23-19-17-22(18-20-23)10-9-21-31-28(29)26-15-8-16-27(26)32(24-11-4-2-5-12-24)25-13-6-3-7-14-25;1-2-4-5-3-1;/h2-20,29H,21H2,1H3;1-5H;/q;-1;+2/p-1/b10-9+,28-26+;;. The molecule has 3 aromatic rings. The fraction of sp³-hybridized carbons (Fsp3) is 0.0606. The number of benzene rings is 3. The third-order valence-electron chi connectivity index (χ3n) is 5.57. The van der Waals surface area contributed by atoms with Gasteiger partial charge in [0, 0.05) is 12.2 Å². The summed E-state index contributed by atoms with van der Waals surface area (Å²) in [5.41, 5.74) is 1.65. The Morgan fingerprint density at radius 1 is 0.895 bits per heavy atom. The fourth-order valence-corrected chi connectivity index (χ4v) is 6.22. The Kier molecular flexibility index (Phi) is 12.1. The second-order valence-corrected chi connectivity index (χ2v) is 10.3. The molecule has 3 aromatic carbocycles. The van der Waals surface area contributed by atoms with E-state index >= 15 is 0 Å². The Bertz CT molecular complexity index is 1230. The number of hydrogen-bond donors (Lipinski definition) is 0. The van der Waals surface area contributed by atoms with E-state index in [4.69, 9.17) is 9.47 Å². The number of ether oxygens (including phenoxy) is 2. The van der Waals surface area contributed by atoms with Crippen molar-refractivity contribution >= 4 is 24.6 Å².